The minimum atomic E-state index is 0.655. The predicted octanol–water partition coefficient (Wildman–Crippen LogP) is 3.57. The van der Waals surface area contributed by atoms with Crippen LogP contribution < -0.4 is 5.32 Å². The molecule has 1 heteroatoms. The van der Waals surface area contributed by atoms with Gasteiger partial charge < -0.3 is 5.32 Å². The summed E-state index contributed by atoms with van der Waals surface area (Å²) < 4.78 is 0. The molecule has 1 nitrogen and oxygen atoms in total. The van der Waals surface area contributed by atoms with Crippen molar-refractivity contribution in [1.29, 1.82) is 0 Å². The Hall–Kier alpha value is -0.820. The van der Waals surface area contributed by atoms with E-state index in [4.69, 9.17) is 0 Å². The minimum absolute atomic E-state index is 0.655. The van der Waals surface area contributed by atoms with Gasteiger partial charge in [-0.2, -0.15) is 0 Å². The molecule has 2 aliphatic carbocycles. The minimum Gasteiger partial charge on any atom is -0.319 e. The topological polar surface area (TPSA) is 12.0 Å². The van der Waals surface area contributed by atoms with Crippen molar-refractivity contribution in [1.82, 2.24) is 5.32 Å². The third-order valence-electron chi connectivity index (χ3n) is 5.01. The van der Waals surface area contributed by atoms with Gasteiger partial charge in [0.2, 0.25) is 0 Å². The third kappa shape index (κ3) is 1.91. The van der Waals surface area contributed by atoms with Crippen molar-refractivity contribution < 1.29 is 0 Å². The monoisotopic (exact) mass is 229 g/mol. The average molecular weight is 229 g/mol. The van der Waals surface area contributed by atoms with Crippen molar-refractivity contribution >= 4 is 0 Å². The molecule has 1 aromatic rings. The summed E-state index contributed by atoms with van der Waals surface area (Å²) in [4.78, 5) is 0. The molecule has 3 atom stereocenters. The molecular formula is C16H23N. The zero-order chi connectivity index (χ0) is 11.7. The van der Waals surface area contributed by atoms with Crippen LogP contribution in [0.1, 0.15) is 43.6 Å². The Balaban J connectivity index is 1.83. The van der Waals surface area contributed by atoms with Gasteiger partial charge in [0, 0.05) is 0 Å². The van der Waals surface area contributed by atoms with Crippen molar-refractivity contribution in [3.8, 4) is 0 Å². The highest BCUT2D eigenvalue weighted by Crippen LogP contribution is 2.66. The first-order valence-electron chi connectivity index (χ1n) is 7.06. The fraction of sp³-hybridized carbons (Fsp3) is 0.625. The maximum absolute atomic E-state index is 3.37. The molecule has 0 amide bonds. The summed E-state index contributed by atoms with van der Waals surface area (Å²) >= 11 is 0. The SMILES string of the molecule is CNCC1CC12CCCCC2c1ccccc1. The van der Waals surface area contributed by atoms with Crippen LogP contribution in [0.15, 0.2) is 30.3 Å². The van der Waals surface area contributed by atoms with Crippen LogP contribution in [0.3, 0.4) is 0 Å². The highest BCUT2D eigenvalue weighted by Gasteiger charge is 2.58. The second-order valence-corrected chi connectivity index (χ2v) is 5.90. The normalized spacial score (nSPS) is 36.1. The highest BCUT2D eigenvalue weighted by atomic mass is 14.8. The fourth-order valence-electron chi connectivity index (χ4n) is 4.10. The molecule has 17 heavy (non-hydrogen) atoms. The largest absolute Gasteiger partial charge is 0.319 e. The van der Waals surface area contributed by atoms with Crippen LogP contribution in [0.5, 0.6) is 0 Å². The molecule has 0 bridgehead atoms. The second-order valence-electron chi connectivity index (χ2n) is 5.90. The highest BCUT2D eigenvalue weighted by molar-refractivity contribution is 5.27. The molecule has 2 aliphatic rings. The Kier molecular flexibility index (Phi) is 2.96. The van der Waals surface area contributed by atoms with Crippen molar-refractivity contribution in [2.75, 3.05) is 13.6 Å². The summed E-state index contributed by atoms with van der Waals surface area (Å²) in [5.74, 6) is 1.76. The maximum Gasteiger partial charge on any atom is -0.00178 e. The Morgan fingerprint density at radius 3 is 2.82 bits per heavy atom. The predicted molar refractivity (Wildman–Crippen MR) is 72.1 cm³/mol. The van der Waals surface area contributed by atoms with Gasteiger partial charge in [0.15, 0.2) is 0 Å². The number of benzene rings is 1. The Labute approximate surface area is 105 Å². The first kappa shape index (κ1) is 11.3. The smallest absolute Gasteiger partial charge is 0.00178 e. The molecule has 3 rings (SSSR count). The maximum atomic E-state index is 3.37. The fourth-order valence-corrected chi connectivity index (χ4v) is 4.10. The van der Waals surface area contributed by atoms with E-state index in [2.05, 4.69) is 42.7 Å². The van der Waals surface area contributed by atoms with E-state index in [1.807, 2.05) is 0 Å². The van der Waals surface area contributed by atoms with Gasteiger partial charge in [-0.25, -0.2) is 0 Å². The molecule has 1 spiro atoms. The molecule has 0 saturated heterocycles. The van der Waals surface area contributed by atoms with E-state index in [0.29, 0.717) is 5.41 Å². The number of hydrogen-bond acceptors (Lipinski definition) is 1. The van der Waals surface area contributed by atoms with Crippen molar-refractivity contribution in [2.45, 2.75) is 38.0 Å². The van der Waals surface area contributed by atoms with Gasteiger partial charge in [-0.3, -0.25) is 0 Å². The lowest BCUT2D eigenvalue weighted by Crippen LogP contribution is -2.24. The molecule has 92 valence electrons. The van der Waals surface area contributed by atoms with Crippen LogP contribution in [-0.2, 0) is 0 Å². The second kappa shape index (κ2) is 4.45. The Bertz CT molecular complexity index is 372. The van der Waals surface area contributed by atoms with Crippen molar-refractivity contribution in [3.63, 3.8) is 0 Å². The number of hydrogen-bond donors (Lipinski definition) is 1. The lowest BCUT2D eigenvalue weighted by atomic mass is 9.71. The summed E-state index contributed by atoms with van der Waals surface area (Å²) in [6.45, 7) is 1.21. The van der Waals surface area contributed by atoms with E-state index in [1.54, 1.807) is 5.56 Å². The molecule has 1 N–H and O–H groups in total. The zero-order valence-electron chi connectivity index (χ0n) is 10.8. The van der Waals surface area contributed by atoms with Crippen LogP contribution in [0.4, 0.5) is 0 Å². The third-order valence-corrected chi connectivity index (χ3v) is 5.01. The van der Waals surface area contributed by atoms with Crippen LogP contribution >= 0.6 is 0 Å². The molecule has 0 heterocycles. The van der Waals surface area contributed by atoms with E-state index >= 15 is 0 Å². The van der Waals surface area contributed by atoms with Crippen LogP contribution in [0.25, 0.3) is 0 Å². The summed E-state index contributed by atoms with van der Waals surface area (Å²) in [6.07, 6.45) is 7.19. The summed E-state index contributed by atoms with van der Waals surface area (Å²) in [5.41, 5.74) is 2.24. The van der Waals surface area contributed by atoms with Gasteiger partial charge in [0.05, 0.1) is 0 Å². The van der Waals surface area contributed by atoms with Gasteiger partial charge in [-0.15, -0.1) is 0 Å². The molecule has 0 radical (unpaired) electrons. The quantitative estimate of drug-likeness (QED) is 0.835. The van der Waals surface area contributed by atoms with Crippen molar-refractivity contribution in [3.05, 3.63) is 35.9 Å². The molecule has 3 unspecified atom stereocenters. The zero-order valence-corrected chi connectivity index (χ0v) is 10.8. The Morgan fingerprint density at radius 1 is 1.24 bits per heavy atom. The van der Waals surface area contributed by atoms with Gasteiger partial charge in [-0.1, -0.05) is 43.2 Å². The van der Waals surface area contributed by atoms with Crippen molar-refractivity contribution in [2.24, 2.45) is 11.3 Å². The van der Waals surface area contributed by atoms with E-state index in [9.17, 15) is 0 Å². The standard InChI is InChI=1S/C16H23N/c1-17-12-14-11-16(14)10-6-5-9-15(16)13-7-3-2-4-8-13/h2-4,7-8,14-15,17H,5-6,9-12H2,1H3. The summed E-state index contributed by atoms with van der Waals surface area (Å²) in [5, 5.41) is 3.37. The van der Waals surface area contributed by atoms with E-state index in [-0.39, 0.29) is 0 Å². The molecule has 2 saturated carbocycles. The first-order valence-corrected chi connectivity index (χ1v) is 7.06. The van der Waals surface area contributed by atoms with Gasteiger partial charge in [0.1, 0.15) is 0 Å². The average Bonchev–Trinajstić information content (AvgIpc) is 3.04. The van der Waals surface area contributed by atoms with E-state index < -0.39 is 0 Å². The lowest BCUT2D eigenvalue weighted by molar-refractivity contribution is 0.257. The Morgan fingerprint density at radius 2 is 2.06 bits per heavy atom. The summed E-state index contributed by atoms with van der Waals surface area (Å²) in [6, 6.07) is 11.2. The van der Waals surface area contributed by atoms with E-state index in [1.165, 1.54) is 38.6 Å². The number of nitrogens with one attached hydrogen (secondary N) is 1. The first-order chi connectivity index (χ1) is 8.37. The summed E-state index contributed by atoms with van der Waals surface area (Å²) in [7, 11) is 2.09. The lowest BCUT2D eigenvalue weighted by Gasteiger charge is -2.33. The molecule has 1 aromatic carbocycles. The van der Waals surface area contributed by atoms with E-state index in [0.717, 1.165) is 11.8 Å². The van der Waals surface area contributed by atoms with Gasteiger partial charge >= 0.3 is 0 Å². The van der Waals surface area contributed by atoms with Crippen LogP contribution in [0, 0.1) is 11.3 Å². The van der Waals surface area contributed by atoms with Gasteiger partial charge in [-0.05, 0) is 55.7 Å². The molecule has 0 aliphatic heterocycles. The van der Waals surface area contributed by atoms with Crippen LogP contribution in [-0.4, -0.2) is 13.6 Å². The number of rotatable bonds is 3. The van der Waals surface area contributed by atoms with Crippen LogP contribution in [0.2, 0.25) is 0 Å². The molecule has 0 aromatic heterocycles. The van der Waals surface area contributed by atoms with Gasteiger partial charge in [0.25, 0.3) is 0 Å². The molecular weight excluding hydrogens is 206 g/mol. The molecule has 2 fully saturated rings.